The van der Waals surface area contributed by atoms with E-state index in [1.165, 1.54) is 10.6 Å². The fourth-order valence-electron chi connectivity index (χ4n) is 2.90. The van der Waals surface area contributed by atoms with Crippen molar-refractivity contribution in [3.8, 4) is 0 Å². The molecule has 0 aliphatic heterocycles. The molecule has 0 bridgehead atoms. The third-order valence-corrected chi connectivity index (χ3v) is 4.44. The second kappa shape index (κ2) is 12.4. The topological polar surface area (TPSA) is 116 Å². The Balaban J connectivity index is 1.70. The number of hydroxylamine groups is 1. The third kappa shape index (κ3) is 9.59. The molecule has 0 saturated carbocycles. The molecule has 0 atom stereocenters. The number of nitrogens with zero attached hydrogens (tertiary/aromatic N) is 1. The number of ether oxygens (including phenoxy) is 1. The van der Waals surface area contributed by atoms with Crippen LogP contribution < -0.4 is 16.4 Å². The Kier molecular flexibility index (Phi) is 9.65. The maximum atomic E-state index is 12.6. The smallest absolute Gasteiger partial charge is 0.407 e. The number of benzene rings is 1. The number of carbonyl (C=O) groups is 3. The highest BCUT2D eigenvalue weighted by molar-refractivity contribution is 5.93. The zero-order valence-electron chi connectivity index (χ0n) is 19.3. The van der Waals surface area contributed by atoms with Crippen LogP contribution in [0.4, 0.5) is 4.79 Å². The molecule has 0 aliphatic rings. The maximum absolute atomic E-state index is 12.6. The lowest BCUT2D eigenvalue weighted by atomic mass is 10.2. The first-order valence-electron chi connectivity index (χ1n) is 10.9. The minimum Gasteiger partial charge on any atom is -0.444 e. The molecular formula is C24H31N3O6. The summed E-state index contributed by atoms with van der Waals surface area (Å²) in [6.45, 7) is 6.12. The Morgan fingerprint density at radius 1 is 0.970 bits per heavy atom. The van der Waals surface area contributed by atoms with Crippen LogP contribution in [0, 0.1) is 0 Å². The molecule has 1 aromatic carbocycles. The minimum atomic E-state index is -0.780. The van der Waals surface area contributed by atoms with Gasteiger partial charge in [-0.05, 0) is 51.3 Å². The molecule has 0 unspecified atom stereocenters. The van der Waals surface area contributed by atoms with Crippen LogP contribution in [-0.4, -0.2) is 34.7 Å². The fraction of sp³-hybridized carbons (Fsp3) is 0.417. The quantitative estimate of drug-likeness (QED) is 0.441. The largest absolute Gasteiger partial charge is 0.444 e. The Bertz CT molecular complexity index is 995. The number of alkyl carbamates (subject to hydrolysis) is 1. The predicted octanol–water partition coefficient (Wildman–Crippen LogP) is 3.17. The summed E-state index contributed by atoms with van der Waals surface area (Å²) in [4.78, 5) is 53.1. The summed E-state index contributed by atoms with van der Waals surface area (Å²) >= 11 is 0. The van der Waals surface area contributed by atoms with Crippen molar-refractivity contribution < 1.29 is 24.0 Å². The molecule has 1 aromatic heterocycles. The Morgan fingerprint density at radius 2 is 1.70 bits per heavy atom. The summed E-state index contributed by atoms with van der Waals surface area (Å²) in [5.41, 5.74) is 1.82. The summed E-state index contributed by atoms with van der Waals surface area (Å²) in [5, 5.41) is 2.64. The number of aromatic nitrogens is 1. The molecule has 0 spiro atoms. The molecular weight excluding hydrogens is 426 g/mol. The van der Waals surface area contributed by atoms with Gasteiger partial charge in [-0.25, -0.2) is 9.59 Å². The van der Waals surface area contributed by atoms with Gasteiger partial charge in [-0.2, -0.15) is 5.48 Å². The average molecular weight is 458 g/mol. The van der Waals surface area contributed by atoms with Gasteiger partial charge in [0, 0.05) is 19.2 Å². The molecule has 0 saturated heterocycles. The lowest BCUT2D eigenvalue weighted by Gasteiger charge is -2.19. The molecule has 178 valence electrons. The van der Waals surface area contributed by atoms with E-state index in [1.54, 1.807) is 33.0 Å². The van der Waals surface area contributed by atoms with Gasteiger partial charge in [-0.1, -0.05) is 36.8 Å². The van der Waals surface area contributed by atoms with Gasteiger partial charge >= 0.3 is 12.1 Å². The zero-order valence-corrected chi connectivity index (χ0v) is 19.3. The number of hydrogen-bond donors (Lipinski definition) is 2. The van der Waals surface area contributed by atoms with Gasteiger partial charge in [0.05, 0.1) is 6.54 Å². The van der Waals surface area contributed by atoms with Crippen LogP contribution >= 0.6 is 0 Å². The van der Waals surface area contributed by atoms with E-state index in [4.69, 9.17) is 9.57 Å². The van der Waals surface area contributed by atoms with Crippen LogP contribution in [0.1, 0.15) is 62.4 Å². The Hall–Kier alpha value is -3.62. The van der Waals surface area contributed by atoms with Crippen LogP contribution in [-0.2, 0) is 20.9 Å². The van der Waals surface area contributed by atoms with E-state index in [2.05, 4.69) is 5.32 Å². The van der Waals surface area contributed by atoms with Crippen LogP contribution in [0.25, 0.3) is 0 Å². The summed E-state index contributed by atoms with van der Waals surface area (Å²) in [5.74, 6) is -1.39. The molecule has 33 heavy (non-hydrogen) atoms. The molecule has 9 heteroatoms. The van der Waals surface area contributed by atoms with E-state index in [1.807, 2.05) is 35.8 Å². The van der Waals surface area contributed by atoms with E-state index < -0.39 is 29.1 Å². The van der Waals surface area contributed by atoms with Crippen molar-refractivity contribution in [1.29, 1.82) is 0 Å². The van der Waals surface area contributed by atoms with Crippen molar-refractivity contribution in [1.82, 2.24) is 15.4 Å². The van der Waals surface area contributed by atoms with Crippen molar-refractivity contribution in [2.75, 3.05) is 6.54 Å². The van der Waals surface area contributed by atoms with Crippen molar-refractivity contribution in [2.45, 2.75) is 58.6 Å². The number of hydrogen-bond acceptors (Lipinski definition) is 6. The number of carbonyl (C=O) groups excluding carboxylic acids is 3. The van der Waals surface area contributed by atoms with Gasteiger partial charge in [0.15, 0.2) is 0 Å². The van der Waals surface area contributed by atoms with Gasteiger partial charge in [-0.15, -0.1) is 0 Å². The van der Waals surface area contributed by atoms with Crippen LogP contribution in [0.3, 0.4) is 0 Å². The number of rotatable bonds is 9. The van der Waals surface area contributed by atoms with Crippen molar-refractivity contribution in [3.05, 3.63) is 70.1 Å². The van der Waals surface area contributed by atoms with Crippen molar-refractivity contribution >= 4 is 18.0 Å². The highest BCUT2D eigenvalue weighted by atomic mass is 16.7. The first kappa shape index (κ1) is 25.6. The van der Waals surface area contributed by atoms with Crippen LogP contribution in [0.5, 0.6) is 0 Å². The number of amides is 2. The number of unbranched alkanes of at least 4 members (excludes halogenated alkanes) is 2. The molecule has 2 rings (SSSR count). The summed E-state index contributed by atoms with van der Waals surface area (Å²) in [6, 6.07) is 12.4. The number of nitrogens with one attached hydrogen (secondary N) is 2. The summed E-state index contributed by atoms with van der Waals surface area (Å²) < 4.78 is 6.54. The fourth-order valence-corrected chi connectivity index (χ4v) is 2.90. The predicted molar refractivity (Wildman–Crippen MR) is 123 cm³/mol. The summed E-state index contributed by atoms with van der Waals surface area (Å²) in [6.07, 6.45) is 3.09. The molecule has 0 fully saturated rings. The summed E-state index contributed by atoms with van der Waals surface area (Å²) in [7, 11) is 0. The number of pyridine rings is 1. The highest BCUT2D eigenvalue weighted by Crippen LogP contribution is 2.07. The Labute approximate surface area is 193 Å². The van der Waals surface area contributed by atoms with E-state index in [0.717, 1.165) is 5.56 Å². The highest BCUT2D eigenvalue weighted by Gasteiger charge is 2.16. The maximum Gasteiger partial charge on any atom is 0.407 e. The zero-order chi connectivity index (χ0) is 24.3. The van der Waals surface area contributed by atoms with E-state index in [-0.39, 0.29) is 12.0 Å². The second-order valence-corrected chi connectivity index (χ2v) is 8.49. The molecule has 1 heterocycles. The van der Waals surface area contributed by atoms with Crippen LogP contribution in [0.15, 0.2) is 53.5 Å². The molecule has 9 nitrogen and oxygen atoms in total. The molecule has 2 amide bonds. The van der Waals surface area contributed by atoms with Crippen LogP contribution in [0.2, 0.25) is 0 Å². The molecule has 2 N–H and O–H groups in total. The standard InChI is InChI=1S/C24H31N3O6/c1-24(2,3)32-23(31)25-15-9-5-8-14-20(28)33-26-21(29)19-13-10-16-27(22(19)30)17-18-11-6-4-7-12-18/h4,6-7,10-13,16H,5,8-9,14-15,17H2,1-3H3,(H,25,31)(H,26,29). The van der Waals surface area contributed by atoms with Gasteiger partial charge in [0.2, 0.25) is 0 Å². The first-order valence-corrected chi connectivity index (χ1v) is 10.9. The molecule has 0 aliphatic carbocycles. The Morgan fingerprint density at radius 3 is 2.39 bits per heavy atom. The second-order valence-electron chi connectivity index (χ2n) is 8.49. The molecule has 0 radical (unpaired) electrons. The minimum absolute atomic E-state index is 0.0970. The van der Waals surface area contributed by atoms with Crippen molar-refractivity contribution in [2.24, 2.45) is 0 Å². The van der Waals surface area contributed by atoms with Gasteiger partial charge in [0.1, 0.15) is 11.2 Å². The normalized spacial score (nSPS) is 10.9. The van der Waals surface area contributed by atoms with E-state index in [9.17, 15) is 19.2 Å². The van der Waals surface area contributed by atoms with E-state index >= 15 is 0 Å². The average Bonchev–Trinajstić information content (AvgIpc) is 2.75. The van der Waals surface area contributed by atoms with Gasteiger partial charge in [0.25, 0.3) is 11.5 Å². The SMILES string of the molecule is CC(C)(C)OC(=O)NCCCCCC(=O)ONC(=O)c1cccn(Cc2ccccc2)c1=O. The third-order valence-electron chi connectivity index (χ3n) is 4.44. The lowest BCUT2D eigenvalue weighted by molar-refractivity contribution is -0.149. The monoisotopic (exact) mass is 457 g/mol. The lowest BCUT2D eigenvalue weighted by Crippen LogP contribution is -2.34. The first-order chi connectivity index (χ1) is 15.7. The molecule has 2 aromatic rings. The van der Waals surface area contributed by atoms with Gasteiger partial charge in [-0.3, -0.25) is 9.59 Å². The van der Waals surface area contributed by atoms with Gasteiger partial charge < -0.3 is 19.5 Å². The van der Waals surface area contributed by atoms with E-state index in [0.29, 0.717) is 32.4 Å². The van der Waals surface area contributed by atoms with Crippen molar-refractivity contribution in [3.63, 3.8) is 0 Å².